The highest BCUT2D eigenvalue weighted by atomic mass is 16.5. The van der Waals surface area contributed by atoms with Crippen LogP contribution < -0.4 is 0 Å². The van der Waals surface area contributed by atoms with Gasteiger partial charge in [0.05, 0.1) is 12.7 Å². The lowest BCUT2D eigenvalue weighted by Gasteiger charge is -2.26. The van der Waals surface area contributed by atoms with E-state index in [1.165, 1.54) is 11.1 Å². The molecular weight excluding hydrogens is 248 g/mol. The fraction of sp³-hybridized carbons (Fsp3) is 0.500. The van der Waals surface area contributed by atoms with Crippen LogP contribution in [0.4, 0.5) is 0 Å². The van der Waals surface area contributed by atoms with Crippen LogP contribution in [0.25, 0.3) is 0 Å². The third-order valence-electron chi connectivity index (χ3n) is 4.10. The molecule has 1 fully saturated rings. The van der Waals surface area contributed by atoms with Gasteiger partial charge in [0.15, 0.2) is 0 Å². The van der Waals surface area contributed by atoms with Crippen molar-refractivity contribution >= 4 is 6.29 Å². The minimum atomic E-state index is 0.377. The summed E-state index contributed by atoms with van der Waals surface area (Å²) in [4.78, 5) is 10.3. The number of ether oxygens (including phenoxy) is 1. The summed E-state index contributed by atoms with van der Waals surface area (Å²) in [6.45, 7) is 2.88. The Hall–Kier alpha value is -1.41. The summed E-state index contributed by atoms with van der Waals surface area (Å²) in [6, 6.07) is 8.69. The Morgan fingerprint density at radius 1 is 1.10 bits per heavy atom. The Bertz CT molecular complexity index is 425. The van der Waals surface area contributed by atoms with Gasteiger partial charge in [-0.05, 0) is 55.2 Å². The number of benzene rings is 1. The van der Waals surface area contributed by atoms with Crippen LogP contribution in [0.1, 0.15) is 43.7 Å². The second-order valence-electron chi connectivity index (χ2n) is 5.54. The third-order valence-corrected chi connectivity index (χ3v) is 4.10. The zero-order valence-corrected chi connectivity index (χ0v) is 12.3. The normalized spacial score (nSPS) is 23.1. The molecule has 1 aromatic carbocycles. The molecule has 1 saturated carbocycles. The van der Waals surface area contributed by atoms with E-state index in [4.69, 9.17) is 4.74 Å². The first-order chi connectivity index (χ1) is 9.81. The highest BCUT2D eigenvalue weighted by Crippen LogP contribution is 2.27. The van der Waals surface area contributed by atoms with Gasteiger partial charge in [0.2, 0.25) is 0 Å². The van der Waals surface area contributed by atoms with Gasteiger partial charge < -0.3 is 4.74 Å². The number of aryl methyl sites for hydroxylation is 1. The Balaban J connectivity index is 1.72. The molecule has 1 aliphatic carbocycles. The van der Waals surface area contributed by atoms with E-state index in [0.29, 0.717) is 18.6 Å². The van der Waals surface area contributed by atoms with E-state index in [-0.39, 0.29) is 0 Å². The molecule has 0 bridgehead atoms. The van der Waals surface area contributed by atoms with Gasteiger partial charge in [-0.1, -0.05) is 37.3 Å². The highest BCUT2D eigenvalue weighted by molar-refractivity contribution is 5.64. The largest absolute Gasteiger partial charge is 0.374 e. The number of carbonyl (C=O) groups is 1. The fourth-order valence-electron chi connectivity index (χ4n) is 2.74. The van der Waals surface area contributed by atoms with Crippen molar-refractivity contribution in [3.63, 3.8) is 0 Å². The number of hydrogen-bond acceptors (Lipinski definition) is 2. The molecule has 0 atom stereocenters. The smallest absolute Gasteiger partial charge is 0.142 e. The standard InChI is InChI=1S/C18H24O2/c1-2-15-5-7-17(8-6-15)14-20-18-11-9-16(10-12-18)4-3-13-19/h3-8,13,16,18H,2,9-12,14H2,1H3/b4-3+. The summed E-state index contributed by atoms with van der Waals surface area (Å²) in [5.41, 5.74) is 2.63. The van der Waals surface area contributed by atoms with Crippen LogP contribution in [-0.4, -0.2) is 12.4 Å². The van der Waals surface area contributed by atoms with Crippen molar-refractivity contribution in [3.05, 3.63) is 47.5 Å². The molecule has 0 saturated heterocycles. The van der Waals surface area contributed by atoms with Crippen LogP contribution in [-0.2, 0) is 22.6 Å². The van der Waals surface area contributed by atoms with E-state index in [0.717, 1.165) is 38.4 Å². The molecule has 108 valence electrons. The van der Waals surface area contributed by atoms with Gasteiger partial charge in [0.25, 0.3) is 0 Å². The maximum Gasteiger partial charge on any atom is 0.142 e. The monoisotopic (exact) mass is 272 g/mol. The summed E-state index contributed by atoms with van der Waals surface area (Å²) in [6.07, 6.45) is 10.4. The molecule has 1 aromatic rings. The summed E-state index contributed by atoms with van der Waals surface area (Å²) >= 11 is 0. The van der Waals surface area contributed by atoms with Crippen LogP contribution in [0.15, 0.2) is 36.4 Å². The van der Waals surface area contributed by atoms with Crippen molar-refractivity contribution < 1.29 is 9.53 Å². The molecule has 1 aliphatic rings. The minimum absolute atomic E-state index is 0.377. The predicted molar refractivity (Wildman–Crippen MR) is 81.6 cm³/mol. The molecule has 0 amide bonds. The lowest BCUT2D eigenvalue weighted by molar-refractivity contribution is -0.104. The minimum Gasteiger partial charge on any atom is -0.374 e. The van der Waals surface area contributed by atoms with Gasteiger partial charge in [0.1, 0.15) is 6.29 Å². The van der Waals surface area contributed by atoms with E-state index in [1.54, 1.807) is 6.08 Å². The first-order valence-corrected chi connectivity index (χ1v) is 7.63. The van der Waals surface area contributed by atoms with Crippen LogP contribution in [0.2, 0.25) is 0 Å². The number of carbonyl (C=O) groups excluding carboxylic acids is 1. The maximum absolute atomic E-state index is 10.3. The molecular formula is C18H24O2. The van der Waals surface area contributed by atoms with Crippen LogP contribution in [0, 0.1) is 5.92 Å². The maximum atomic E-state index is 10.3. The summed E-state index contributed by atoms with van der Waals surface area (Å²) < 4.78 is 6.00. The Morgan fingerprint density at radius 2 is 1.75 bits per heavy atom. The Kier molecular flexibility index (Phi) is 6.00. The quantitative estimate of drug-likeness (QED) is 0.576. The molecule has 2 nitrogen and oxygen atoms in total. The molecule has 0 aliphatic heterocycles. The third kappa shape index (κ3) is 4.61. The highest BCUT2D eigenvalue weighted by Gasteiger charge is 2.19. The SMILES string of the molecule is CCc1ccc(COC2CCC(/C=C/C=O)CC2)cc1. The van der Waals surface area contributed by atoms with Gasteiger partial charge in [-0.3, -0.25) is 4.79 Å². The molecule has 0 N–H and O–H groups in total. The van der Waals surface area contributed by atoms with Crippen LogP contribution in [0.3, 0.4) is 0 Å². The average Bonchev–Trinajstić information content (AvgIpc) is 2.52. The van der Waals surface area contributed by atoms with E-state index in [9.17, 15) is 4.79 Å². The molecule has 0 heterocycles. The second-order valence-corrected chi connectivity index (χ2v) is 5.54. The first-order valence-electron chi connectivity index (χ1n) is 7.63. The van der Waals surface area contributed by atoms with E-state index in [2.05, 4.69) is 31.2 Å². The van der Waals surface area contributed by atoms with E-state index < -0.39 is 0 Å². The lowest BCUT2D eigenvalue weighted by atomic mass is 9.87. The first kappa shape index (κ1) is 15.0. The van der Waals surface area contributed by atoms with Gasteiger partial charge in [0, 0.05) is 0 Å². The van der Waals surface area contributed by atoms with Crippen molar-refractivity contribution in [2.75, 3.05) is 0 Å². The molecule has 0 spiro atoms. The lowest BCUT2D eigenvalue weighted by Crippen LogP contribution is -2.20. The predicted octanol–water partition coefficient (Wildman–Crippen LogP) is 4.08. The van der Waals surface area contributed by atoms with Gasteiger partial charge >= 0.3 is 0 Å². The second kappa shape index (κ2) is 8.01. The molecule has 2 rings (SSSR count). The van der Waals surface area contributed by atoms with Crippen molar-refractivity contribution in [2.45, 2.75) is 51.7 Å². The van der Waals surface area contributed by atoms with Crippen LogP contribution >= 0.6 is 0 Å². The number of aldehydes is 1. The topological polar surface area (TPSA) is 26.3 Å². The number of rotatable bonds is 6. The molecule has 0 unspecified atom stereocenters. The van der Waals surface area contributed by atoms with Gasteiger partial charge in [-0.2, -0.15) is 0 Å². The molecule has 0 aromatic heterocycles. The zero-order chi connectivity index (χ0) is 14.2. The van der Waals surface area contributed by atoms with Crippen LogP contribution in [0.5, 0.6) is 0 Å². The Labute approximate surface area is 121 Å². The van der Waals surface area contributed by atoms with E-state index >= 15 is 0 Å². The summed E-state index contributed by atoms with van der Waals surface area (Å²) in [5.74, 6) is 0.559. The fourth-order valence-corrected chi connectivity index (χ4v) is 2.74. The van der Waals surface area contributed by atoms with Crippen molar-refractivity contribution in [1.29, 1.82) is 0 Å². The molecule has 2 heteroatoms. The van der Waals surface area contributed by atoms with Crippen molar-refractivity contribution in [1.82, 2.24) is 0 Å². The van der Waals surface area contributed by atoms with E-state index in [1.807, 2.05) is 6.08 Å². The molecule has 0 radical (unpaired) electrons. The van der Waals surface area contributed by atoms with Crippen molar-refractivity contribution in [2.24, 2.45) is 5.92 Å². The summed E-state index contributed by atoms with van der Waals surface area (Å²) in [5, 5.41) is 0. The number of allylic oxidation sites excluding steroid dienone is 2. The number of hydrogen-bond donors (Lipinski definition) is 0. The Morgan fingerprint density at radius 3 is 2.35 bits per heavy atom. The van der Waals surface area contributed by atoms with Gasteiger partial charge in [-0.15, -0.1) is 0 Å². The summed E-state index contributed by atoms with van der Waals surface area (Å²) in [7, 11) is 0. The average molecular weight is 272 g/mol. The zero-order valence-electron chi connectivity index (χ0n) is 12.3. The van der Waals surface area contributed by atoms with Gasteiger partial charge in [-0.25, -0.2) is 0 Å². The molecule has 20 heavy (non-hydrogen) atoms. The van der Waals surface area contributed by atoms with Crippen molar-refractivity contribution in [3.8, 4) is 0 Å².